The zero-order valence-corrected chi connectivity index (χ0v) is 15.1. The van der Waals surface area contributed by atoms with Gasteiger partial charge in [-0.3, -0.25) is 14.9 Å². The summed E-state index contributed by atoms with van der Waals surface area (Å²) >= 11 is 0. The van der Waals surface area contributed by atoms with Gasteiger partial charge >= 0.3 is 0 Å². The van der Waals surface area contributed by atoms with Crippen LogP contribution in [0.3, 0.4) is 0 Å². The second-order valence-electron chi connectivity index (χ2n) is 6.71. The first-order valence-electron chi connectivity index (χ1n) is 8.85. The van der Waals surface area contributed by atoms with Crippen molar-refractivity contribution in [1.29, 1.82) is 0 Å². The van der Waals surface area contributed by atoms with E-state index in [0.29, 0.717) is 12.2 Å². The van der Waals surface area contributed by atoms with Gasteiger partial charge in [-0.05, 0) is 24.6 Å². The number of phenolic OH excluding ortho intramolecular Hbond substituents is 1. The molecule has 0 aromatic heterocycles. The van der Waals surface area contributed by atoms with Crippen molar-refractivity contribution in [3.05, 3.63) is 58.1 Å². The Balaban J connectivity index is 1.55. The molecule has 0 spiro atoms. The summed E-state index contributed by atoms with van der Waals surface area (Å²) in [7, 11) is 0. The Morgan fingerprint density at radius 2 is 1.96 bits per heavy atom. The van der Waals surface area contributed by atoms with Gasteiger partial charge in [0.1, 0.15) is 5.75 Å². The van der Waals surface area contributed by atoms with Crippen LogP contribution in [-0.2, 0) is 4.79 Å². The first-order chi connectivity index (χ1) is 12.9. The van der Waals surface area contributed by atoms with Gasteiger partial charge < -0.3 is 20.2 Å². The highest BCUT2D eigenvalue weighted by Gasteiger charge is 2.24. The lowest BCUT2D eigenvalue weighted by Crippen LogP contribution is -3.15. The fourth-order valence-corrected chi connectivity index (χ4v) is 3.25. The van der Waals surface area contributed by atoms with Crippen molar-refractivity contribution in [2.45, 2.75) is 6.92 Å². The molecule has 2 aromatic rings. The molecule has 2 aromatic carbocycles. The Labute approximate surface area is 157 Å². The molecule has 0 unspecified atom stereocenters. The maximum Gasteiger partial charge on any atom is 0.279 e. The second-order valence-corrected chi connectivity index (χ2v) is 6.71. The Hall–Kier alpha value is -3.13. The molecule has 8 heteroatoms. The van der Waals surface area contributed by atoms with Crippen molar-refractivity contribution in [2.24, 2.45) is 0 Å². The molecule has 1 heterocycles. The highest BCUT2D eigenvalue weighted by atomic mass is 16.6. The molecular weight excluding hydrogens is 348 g/mol. The van der Waals surface area contributed by atoms with Crippen LogP contribution in [0.5, 0.6) is 5.75 Å². The van der Waals surface area contributed by atoms with Gasteiger partial charge in [0.15, 0.2) is 6.54 Å². The van der Waals surface area contributed by atoms with Crippen molar-refractivity contribution in [3.8, 4) is 5.75 Å². The minimum absolute atomic E-state index is 0.0421. The molecule has 0 atom stereocenters. The molecule has 1 aliphatic heterocycles. The number of amides is 1. The highest BCUT2D eigenvalue weighted by molar-refractivity contribution is 5.92. The Morgan fingerprint density at radius 1 is 1.26 bits per heavy atom. The zero-order chi connectivity index (χ0) is 19.4. The SMILES string of the molecule is Cc1ccc([N+](=O)[O-])cc1NC(=O)C[NH+]1CCN(c2ccccc2O)CC1. The summed E-state index contributed by atoms with van der Waals surface area (Å²) in [4.78, 5) is 26.0. The lowest BCUT2D eigenvalue weighted by molar-refractivity contribution is -0.892. The van der Waals surface area contributed by atoms with Crippen LogP contribution in [0.4, 0.5) is 17.1 Å². The van der Waals surface area contributed by atoms with E-state index in [9.17, 15) is 20.0 Å². The molecule has 0 aliphatic carbocycles. The summed E-state index contributed by atoms with van der Waals surface area (Å²) in [5.74, 6) is 0.101. The molecule has 1 amide bonds. The molecule has 1 fully saturated rings. The number of nitro groups is 1. The maximum atomic E-state index is 12.4. The van der Waals surface area contributed by atoms with Gasteiger partial charge in [-0.1, -0.05) is 18.2 Å². The van der Waals surface area contributed by atoms with E-state index >= 15 is 0 Å². The highest BCUT2D eigenvalue weighted by Crippen LogP contribution is 2.26. The molecule has 27 heavy (non-hydrogen) atoms. The van der Waals surface area contributed by atoms with E-state index in [1.165, 1.54) is 12.1 Å². The molecule has 3 rings (SSSR count). The average molecular weight is 371 g/mol. The summed E-state index contributed by atoms with van der Waals surface area (Å²) in [6.45, 7) is 5.14. The van der Waals surface area contributed by atoms with Gasteiger partial charge in [-0.2, -0.15) is 0 Å². The standard InChI is InChI=1S/C19H22N4O4/c1-14-6-7-15(23(26)27)12-16(14)20-19(25)13-21-8-10-22(11-9-21)17-4-2-3-5-18(17)24/h2-7,12,24H,8-11,13H2,1H3,(H,20,25)/p+1. The molecule has 0 saturated carbocycles. The van der Waals surface area contributed by atoms with Crippen LogP contribution in [0.2, 0.25) is 0 Å². The monoisotopic (exact) mass is 371 g/mol. The number of piperazine rings is 1. The Morgan fingerprint density at radius 3 is 2.63 bits per heavy atom. The van der Waals surface area contributed by atoms with Crippen LogP contribution in [-0.4, -0.2) is 48.7 Å². The van der Waals surface area contributed by atoms with Crippen LogP contribution in [0.1, 0.15) is 5.56 Å². The number of benzene rings is 2. The predicted octanol–water partition coefficient (Wildman–Crippen LogP) is 0.952. The van der Waals surface area contributed by atoms with Gasteiger partial charge in [0.05, 0.1) is 42.5 Å². The molecule has 0 bridgehead atoms. The van der Waals surface area contributed by atoms with Crippen molar-refractivity contribution < 1.29 is 19.7 Å². The number of phenols is 1. The van der Waals surface area contributed by atoms with Gasteiger partial charge in [0, 0.05) is 12.1 Å². The first-order valence-corrected chi connectivity index (χ1v) is 8.85. The van der Waals surface area contributed by atoms with Crippen molar-refractivity contribution in [2.75, 3.05) is 42.9 Å². The van der Waals surface area contributed by atoms with Crippen molar-refractivity contribution in [1.82, 2.24) is 0 Å². The van der Waals surface area contributed by atoms with E-state index < -0.39 is 4.92 Å². The van der Waals surface area contributed by atoms with E-state index in [4.69, 9.17) is 0 Å². The second kappa shape index (κ2) is 8.05. The third-order valence-electron chi connectivity index (χ3n) is 4.81. The fraction of sp³-hybridized carbons (Fsp3) is 0.316. The molecule has 142 valence electrons. The number of nitro benzene ring substituents is 1. The summed E-state index contributed by atoms with van der Waals surface area (Å²) in [6.07, 6.45) is 0. The minimum atomic E-state index is -0.474. The van der Waals surface area contributed by atoms with Gasteiger partial charge in [-0.15, -0.1) is 0 Å². The number of rotatable bonds is 5. The lowest BCUT2D eigenvalue weighted by atomic mass is 10.2. The Bertz CT molecular complexity index is 847. The molecule has 1 saturated heterocycles. The number of carbonyl (C=O) groups excluding carboxylic acids is 1. The summed E-state index contributed by atoms with van der Waals surface area (Å²) in [5, 5.41) is 23.7. The lowest BCUT2D eigenvalue weighted by Gasteiger charge is -2.33. The number of non-ortho nitro benzene ring substituents is 1. The zero-order valence-electron chi connectivity index (χ0n) is 15.1. The molecule has 3 N–H and O–H groups in total. The quantitative estimate of drug-likeness (QED) is 0.537. The molecule has 0 radical (unpaired) electrons. The van der Waals surface area contributed by atoms with E-state index in [1.54, 1.807) is 25.1 Å². The van der Waals surface area contributed by atoms with Crippen LogP contribution in [0.25, 0.3) is 0 Å². The average Bonchev–Trinajstić information content (AvgIpc) is 2.64. The molecule has 1 aliphatic rings. The number of para-hydroxylation sites is 2. The number of nitrogens with one attached hydrogen (secondary N) is 2. The van der Waals surface area contributed by atoms with Crippen molar-refractivity contribution >= 4 is 23.0 Å². The Kier molecular flexibility index (Phi) is 5.56. The number of quaternary nitrogens is 1. The van der Waals surface area contributed by atoms with Crippen molar-refractivity contribution in [3.63, 3.8) is 0 Å². The predicted molar refractivity (Wildman–Crippen MR) is 102 cm³/mol. The number of carbonyl (C=O) groups is 1. The first kappa shape index (κ1) is 18.7. The summed E-state index contributed by atoms with van der Waals surface area (Å²) < 4.78 is 0. The number of aromatic hydroxyl groups is 1. The van der Waals surface area contributed by atoms with Crippen LogP contribution < -0.4 is 15.1 Å². The summed E-state index contributed by atoms with van der Waals surface area (Å²) in [6, 6.07) is 11.7. The molecular formula is C19H23N4O4+. The van der Waals surface area contributed by atoms with Gasteiger partial charge in [-0.25, -0.2) is 0 Å². The number of nitrogens with zero attached hydrogens (tertiary/aromatic N) is 2. The molecule has 8 nitrogen and oxygen atoms in total. The van der Waals surface area contributed by atoms with E-state index in [-0.39, 0.29) is 17.3 Å². The number of aryl methyl sites for hydroxylation is 1. The third kappa shape index (κ3) is 4.53. The van der Waals surface area contributed by atoms with Crippen LogP contribution >= 0.6 is 0 Å². The van der Waals surface area contributed by atoms with Crippen LogP contribution in [0, 0.1) is 17.0 Å². The fourth-order valence-electron chi connectivity index (χ4n) is 3.25. The largest absolute Gasteiger partial charge is 0.506 e. The number of hydrogen-bond acceptors (Lipinski definition) is 5. The maximum absolute atomic E-state index is 12.4. The number of hydrogen-bond donors (Lipinski definition) is 3. The smallest absolute Gasteiger partial charge is 0.279 e. The summed E-state index contributed by atoms with van der Waals surface area (Å²) in [5.41, 5.74) is 2.03. The van der Waals surface area contributed by atoms with E-state index in [0.717, 1.165) is 42.3 Å². The normalized spacial score (nSPS) is 14.8. The van der Waals surface area contributed by atoms with E-state index in [2.05, 4.69) is 10.2 Å². The van der Waals surface area contributed by atoms with Gasteiger partial charge in [0.2, 0.25) is 0 Å². The minimum Gasteiger partial charge on any atom is -0.506 e. The topological polar surface area (TPSA) is 100 Å². The van der Waals surface area contributed by atoms with E-state index in [1.807, 2.05) is 12.1 Å². The van der Waals surface area contributed by atoms with Crippen LogP contribution in [0.15, 0.2) is 42.5 Å². The number of anilines is 2. The third-order valence-corrected chi connectivity index (χ3v) is 4.81. The van der Waals surface area contributed by atoms with Gasteiger partial charge in [0.25, 0.3) is 11.6 Å².